The van der Waals surface area contributed by atoms with Gasteiger partial charge < -0.3 is 10.6 Å². The highest BCUT2D eigenvalue weighted by Gasteiger charge is 2.08. The van der Waals surface area contributed by atoms with E-state index in [9.17, 15) is 9.59 Å². The number of hydrogen-bond donors (Lipinski definition) is 2. The van der Waals surface area contributed by atoms with E-state index in [2.05, 4.69) is 10.6 Å². The molecule has 0 bridgehead atoms. The van der Waals surface area contributed by atoms with Crippen LogP contribution >= 0.6 is 11.6 Å². The molecule has 0 fully saturated rings. The van der Waals surface area contributed by atoms with E-state index in [0.717, 1.165) is 11.1 Å². The molecule has 0 aliphatic heterocycles. The molecule has 114 valence electrons. The van der Waals surface area contributed by atoms with Gasteiger partial charge in [-0.15, -0.1) is 0 Å². The van der Waals surface area contributed by atoms with Crippen LogP contribution in [-0.4, -0.2) is 18.4 Å². The molecular formula is C17H17ClN2O2. The Bertz CT molecular complexity index is 686. The van der Waals surface area contributed by atoms with Crippen molar-refractivity contribution >= 4 is 29.1 Å². The molecule has 0 aromatic heterocycles. The van der Waals surface area contributed by atoms with E-state index in [1.54, 1.807) is 24.3 Å². The summed E-state index contributed by atoms with van der Waals surface area (Å²) in [4.78, 5) is 23.6. The Morgan fingerprint density at radius 2 is 1.82 bits per heavy atom. The second-order valence-corrected chi connectivity index (χ2v) is 5.37. The van der Waals surface area contributed by atoms with E-state index < -0.39 is 0 Å². The third kappa shape index (κ3) is 4.90. The van der Waals surface area contributed by atoms with Gasteiger partial charge in [-0.05, 0) is 36.2 Å². The predicted molar refractivity (Wildman–Crippen MR) is 88.0 cm³/mol. The normalized spacial score (nSPS) is 10.1. The van der Waals surface area contributed by atoms with Crippen molar-refractivity contribution in [1.82, 2.24) is 5.32 Å². The Morgan fingerprint density at radius 1 is 1.05 bits per heavy atom. The second-order valence-electron chi connectivity index (χ2n) is 4.94. The molecule has 0 radical (unpaired) electrons. The van der Waals surface area contributed by atoms with Crippen LogP contribution in [0.2, 0.25) is 5.02 Å². The van der Waals surface area contributed by atoms with Crippen LogP contribution in [0.3, 0.4) is 0 Å². The van der Waals surface area contributed by atoms with Gasteiger partial charge in [0.1, 0.15) is 0 Å². The van der Waals surface area contributed by atoms with Crippen LogP contribution in [0.4, 0.5) is 5.69 Å². The molecule has 0 saturated carbocycles. The molecule has 0 aliphatic carbocycles. The Labute approximate surface area is 134 Å². The van der Waals surface area contributed by atoms with Gasteiger partial charge in [-0.25, -0.2) is 0 Å². The number of anilines is 1. The molecule has 2 rings (SSSR count). The highest BCUT2D eigenvalue weighted by atomic mass is 35.5. The number of aryl methyl sites for hydroxylation is 1. The summed E-state index contributed by atoms with van der Waals surface area (Å²) in [7, 11) is 0. The zero-order chi connectivity index (χ0) is 15.9. The van der Waals surface area contributed by atoms with Crippen molar-refractivity contribution in [3.63, 3.8) is 0 Å². The van der Waals surface area contributed by atoms with Gasteiger partial charge in [0.05, 0.1) is 13.0 Å². The third-order valence-electron chi connectivity index (χ3n) is 3.17. The molecule has 5 heteroatoms. The number of hydrogen-bond acceptors (Lipinski definition) is 2. The van der Waals surface area contributed by atoms with E-state index in [1.165, 1.54) is 0 Å². The minimum absolute atomic E-state index is 0.0722. The summed E-state index contributed by atoms with van der Waals surface area (Å²) in [5, 5.41) is 5.83. The van der Waals surface area contributed by atoms with E-state index in [-0.39, 0.29) is 24.8 Å². The van der Waals surface area contributed by atoms with Crippen molar-refractivity contribution in [2.45, 2.75) is 13.3 Å². The Balaban J connectivity index is 1.81. The minimum Gasteiger partial charge on any atom is -0.347 e. The largest absolute Gasteiger partial charge is 0.347 e. The van der Waals surface area contributed by atoms with E-state index in [1.807, 2.05) is 31.2 Å². The summed E-state index contributed by atoms with van der Waals surface area (Å²) < 4.78 is 0. The fraction of sp³-hybridized carbons (Fsp3) is 0.176. The SMILES string of the molecule is Cc1ccccc1CC(=O)NCC(=O)Nc1cccc(Cl)c1. The number of rotatable bonds is 5. The zero-order valence-electron chi connectivity index (χ0n) is 12.2. The van der Waals surface area contributed by atoms with Gasteiger partial charge in [0.2, 0.25) is 11.8 Å². The van der Waals surface area contributed by atoms with E-state index >= 15 is 0 Å². The second kappa shape index (κ2) is 7.61. The topological polar surface area (TPSA) is 58.2 Å². The molecule has 0 atom stereocenters. The van der Waals surface area contributed by atoms with Gasteiger partial charge >= 0.3 is 0 Å². The molecular weight excluding hydrogens is 300 g/mol. The lowest BCUT2D eigenvalue weighted by Gasteiger charge is -2.08. The predicted octanol–water partition coefficient (Wildman–Crippen LogP) is 2.95. The molecule has 0 saturated heterocycles. The first-order valence-corrected chi connectivity index (χ1v) is 7.29. The molecule has 0 spiro atoms. The molecule has 22 heavy (non-hydrogen) atoms. The van der Waals surface area contributed by atoms with Crippen LogP contribution in [0.15, 0.2) is 48.5 Å². The number of halogens is 1. The van der Waals surface area contributed by atoms with Crippen LogP contribution in [0, 0.1) is 6.92 Å². The van der Waals surface area contributed by atoms with Crippen LogP contribution in [0.25, 0.3) is 0 Å². The van der Waals surface area contributed by atoms with Crippen molar-refractivity contribution in [3.8, 4) is 0 Å². The molecule has 4 nitrogen and oxygen atoms in total. The van der Waals surface area contributed by atoms with Crippen molar-refractivity contribution in [2.24, 2.45) is 0 Å². The van der Waals surface area contributed by atoms with Crippen molar-refractivity contribution in [3.05, 3.63) is 64.7 Å². The highest BCUT2D eigenvalue weighted by Crippen LogP contribution is 2.14. The first-order chi connectivity index (χ1) is 10.5. The van der Waals surface area contributed by atoms with Crippen molar-refractivity contribution in [1.29, 1.82) is 0 Å². The quantitative estimate of drug-likeness (QED) is 0.891. The molecule has 0 aliphatic rings. The minimum atomic E-state index is -0.291. The average molecular weight is 317 g/mol. The first-order valence-electron chi connectivity index (χ1n) is 6.91. The van der Waals surface area contributed by atoms with Gasteiger partial charge in [0.25, 0.3) is 0 Å². The Kier molecular flexibility index (Phi) is 5.55. The Hall–Kier alpha value is -2.33. The van der Waals surface area contributed by atoms with Crippen LogP contribution < -0.4 is 10.6 Å². The van der Waals surface area contributed by atoms with Crippen molar-refractivity contribution in [2.75, 3.05) is 11.9 Å². The summed E-state index contributed by atoms with van der Waals surface area (Å²) in [6, 6.07) is 14.5. The molecule has 0 unspecified atom stereocenters. The fourth-order valence-electron chi connectivity index (χ4n) is 1.99. The summed E-state index contributed by atoms with van der Waals surface area (Å²) in [5.74, 6) is -0.476. The van der Waals surface area contributed by atoms with Crippen LogP contribution in [0.1, 0.15) is 11.1 Å². The maximum absolute atomic E-state index is 11.9. The van der Waals surface area contributed by atoms with Gasteiger partial charge in [0.15, 0.2) is 0 Å². The standard InChI is InChI=1S/C17H17ClN2O2/c1-12-5-2-3-6-13(12)9-16(21)19-11-17(22)20-15-8-4-7-14(18)10-15/h2-8,10H,9,11H2,1H3,(H,19,21)(H,20,22). The molecule has 0 heterocycles. The monoisotopic (exact) mass is 316 g/mol. The van der Waals surface area contributed by atoms with Crippen LogP contribution in [0.5, 0.6) is 0 Å². The lowest BCUT2D eigenvalue weighted by Crippen LogP contribution is -2.33. The van der Waals surface area contributed by atoms with Gasteiger partial charge in [0, 0.05) is 10.7 Å². The smallest absolute Gasteiger partial charge is 0.243 e. The summed E-state index contributed by atoms with van der Waals surface area (Å²) in [5.41, 5.74) is 2.61. The highest BCUT2D eigenvalue weighted by molar-refractivity contribution is 6.30. The van der Waals surface area contributed by atoms with Crippen LogP contribution in [-0.2, 0) is 16.0 Å². The van der Waals surface area contributed by atoms with E-state index in [4.69, 9.17) is 11.6 Å². The van der Waals surface area contributed by atoms with Crippen molar-refractivity contribution < 1.29 is 9.59 Å². The number of carbonyl (C=O) groups excluding carboxylic acids is 2. The number of benzene rings is 2. The van der Waals surface area contributed by atoms with Gasteiger partial charge in [-0.3, -0.25) is 9.59 Å². The molecule has 2 N–H and O–H groups in total. The maximum Gasteiger partial charge on any atom is 0.243 e. The van der Waals surface area contributed by atoms with E-state index in [0.29, 0.717) is 10.7 Å². The molecule has 2 amide bonds. The number of carbonyl (C=O) groups is 2. The first kappa shape index (κ1) is 16.0. The lowest BCUT2D eigenvalue weighted by molar-refractivity contribution is -0.123. The fourth-order valence-corrected chi connectivity index (χ4v) is 2.18. The maximum atomic E-state index is 11.9. The summed E-state index contributed by atoms with van der Waals surface area (Å²) in [6.07, 6.45) is 0.261. The summed E-state index contributed by atoms with van der Waals surface area (Å²) in [6.45, 7) is 1.88. The number of amides is 2. The lowest BCUT2D eigenvalue weighted by atomic mass is 10.1. The zero-order valence-corrected chi connectivity index (χ0v) is 13.0. The molecule has 2 aromatic rings. The number of nitrogens with one attached hydrogen (secondary N) is 2. The average Bonchev–Trinajstić information content (AvgIpc) is 2.48. The Morgan fingerprint density at radius 3 is 2.55 bits per heavy atom. The van der Waals surface area contributed by atoms with Gasteiger partial charge in [-0.1, -0.05) is 41.9 Å². The van der Waals surface area contributed by atoms with Gasteiger partial charge in [-0.2, -0.15) is 0 Å². The summed E-state index contributed by atoms with van der Waals surface area (Å²) >= 11 is 5.84. The third-order valence-corrected chi connectivity index (χ3v) is 3.40. The molecule has 2 aromatic carbocycles.